The third-order valence-electron chi connectivity index (χ3n) is 4.43. The molecule has 10 heteroatoms. The molecule has 32 heavy (non-hydrogen) atoms. The number of carbonyl (C=O) groups is 1. The highest BCUT2D eigenvalue weighted by atomic mass is 32.2. The number of sulfone groups is 1. The number of guanidine groups is 1. The van der Waals surface area contributed by atoms with Crippen LogP contribution in [0.5, 0.6) is 0 Å². The van der Waals surface area contributed by atoms with Gasteiger partial charge in [0.2, 0.25) is 5.96 Å². The Morgan fingerprint density at radius 1 is 1.22 bits per heavy atom. The molecule has 1 aliphatic rings. The van der Waals surface area contributed by atoms with Gasteiger partial charge in [0.05, 0.1) is 17.0 Å². The summed E-state index contributed by atoms with van der Waals surface area (Å²) >= 11 is 0. The Bertz CT molecular complexity index is 1200. The molecule has 1 aliphatic heterocycles. The summed E-state index contributed by atoms with van der Waals surface area (Å²) in [5, 5.41) is 6.86. The van der Waals surface area contributed by atoms with Crippen LogP contribution in [0.1, 0.15) is 36.2 Å². The molecule has 0 atom stereocenters. The molecule has 2 aromatic carbocycles. The fourth-order valence-corrected chi connectivity index (χ4v) is 3.45. The second kappa shape index (κ2) is 9.82. The van der Waals surface area contributed by atoms with E-state index >= 15 is 0 Å². The standard InChI is InChI=1S/C22H24FN5O3S/c1-14(2)13-24-22(26-21(29)16-5-4-6-18(11-16)32(3,30)31)25-20-12-19(27-28-20)15-7-9-17(23)10-8-15/h4-11,14H,12-13H2,1-3H3,(H2,24,25,26,28,29). The minimum Gasteiger partial charge on any atom is -0.291 e. The van der Waals surface area contributed by atoms with Crippen LogP contribution in [0.2, 0.25) is 0 Å². The molecule has 0 unspecified atom stereocenters. The van der Waals surface area contributed by atoms with Crippen molar-refractivity contribution in [3.63, 3.8) is 0 Å². The Balaban J connectivity index is 1.78. The first-order valence-corrected chi connectivity index (χ1v) is 11.8. The maximum atomic E-state index is 13.2. The van der Waals surface area contributed by atoms with Crippen LogP contribution in [-0.4, -0.2) is 44.6 Å². The monoisotopic (exact) mass is 457 g/mol. The Morgan fingerprint density at radius 2 is 1.94 bits per heavy atom. The molecule has 0 saturated heterocycles. The van der Waals surface area contributed by atoms with Crippen molar-refractivity contribution in [2.75, 3.05) is 12.8 Å². The summed E-state index contributed by atoms with van der Waals surface area (Å²) in [7, 11) is -3.45. The fraction of sp³-hybridized carbons (Fsp3) is 0.273. The van der Waals surface area contributed by atoms with E-state index in [0.29, 0.717) is 24.5 Å². The van der Waals surface area contributed by atoms with Gasteiger partial charge in [0.1, 0.15) is 11.7 Å². The normalized spacial score (nSPS) is 15.6. The number of nitrogens with one attached hydrogen (secondary N) is 2. The van der Waals surface area contributed by atoms with E-state index < -0.39 is 15.7 Å². The summed E-state index contributed by atoms with van der Waals surface area (Å²) in [5.41, 5.74) is 4.42. The predicted octanol–water partition coefficient (Wildman–Crippen LogP) is 2.77. The SMILES string of the molecule is CC(C)CN=C(N=C1CC(c2ccc(F)cc2)=NN1)NC(=O)c1cccc(S(C)(=O)=O)c1. The number of hydrogen-bond acceptors (Lipinski definition) is 5. The van der Waals surface area contributed by atoms with E-state index in [1.165, 1.54) is 36.4 Å². The van der Waals surface area contributed by atoms with Gasteiger partial charge in [0.15, 0.2) is 9.84 Å². The van der Waals surface area contributed by atoms with Crippen LogP contribution in [0.3, 0.4) is 0 Å². The average Bonchev–Trinajstić information content (AvgIpc) is 3.20. The van der Waals surface area contributed by atoms with Gasteiger partial charge in [-0.25, -0.2) is 12.8 Å². The number of hydrogen-bond donors (Lipinski definition) is 2. The van der Waals surface area contributed by atoms with Crippen LogP contribution in [0.4, 0.5) is 4.39 Å². The zero-order chi connectivity index (χ0) is 23.3. The van der Waals surface area contributed by atoms with E-state index in [4.69, 9.17) is 0 Å². The van der Waals surface area contributed by atoms with Crippen LogP contribution >= 0.6 is 0 Å². The molecule has 3 rings (SSSR count). The minimum atomic E-state index is -3.45. The van der Waals surface area contributed by atoms with Crippen LogP contribution in [-0.2, 0) is 9.84 Å². The van der Waals surface area contributed by atoms with E-state index in [1.54, 1.807) is 12.1 Å². The highest BCUT2D eigenvalue weighted by Gasteiger charge is 2.18. The number of amides is 1. The molecular formula is C22H24FN5O3S. The quantitative estimate of drug-likeness (QED) is 0.531. The summed E-state index contributed by atoms with van der Waals surface area (Å²) < 4.78 is 36.7. The van der Waals surface area contributed by atoms with Gasteiger partial charge in [-0.05, 0) is 41.8 Å². The summed E-state index contributed by atoms with van der Waals surface area (Å²) in [6, 6.07) is 11.7. The van der Waals surface area contributed by atoms with E-state index in [0.717, 1.165) is 11.8 Å². The lowest BCUT2D eigenvalue weighted by molar-refractivity contribution is 0.0976. The van der Waals surface area contributed by atoms with Crippen molar-refractivity contribution in [2.45, 2.75) is 25.2 Å². The summed E-state index contributed by atoms with van der Waals surface area (Å²) in [6.45, 7) is 4.39. The molecule has 0 aromatic heterocycles. The topological polar surface area (TPSA) is 112 Å². The molecule has 168 valence electrons. The number of hydrazone groups is 1. The molecule has 0 fully saturated rings. The van der Waals surface area contributed by atoms with Crippen LogP contribution in [0.15, 0.2) is 68.5 Å². The lowest BCUT2D eigenvalue weighted by atomic mass is 10.1. The van der Waals surface area contributed by atoms with Gasteiger partial charge < -0.3 is 0 Å². The molecule has 1 heterocycles. The molecule has 0 radical (unpaired) electrons. The third kappa shape index (κ3) is 6.30. The Morgan fingerprint density at radius 3 is 2.59 bits per heavy atom. The van der Waals surface area contributed by atoms with Crippen molar-refractivity contribution in [1.82, 2.24) is 10.7 Å². The molecule has 1 amide bonds. The molecule has 2 N–H and O–H groups in total. The largest absolute Gasteiger partial charge is 0.291 e. The highest BCUT2D eigenvalue weighted by Crippen LogP contribution is 2.13. The third-order valence-corrected chi connectivity index (χ3v) is 5.54. The number of halogens is 1. The zero-order valence-corrected chi connectivity index (χ0v) is 18.8. The first-order chi connectivity index (χ1) is 15.1. The van der Waals surface area contributed by atoms with Crippen LogP contribution in [0, 0.1) is 11.7 Å². The second-order valence-electron chi connectivity index (χ2n) is 7.72. The second-order valence-corrected chi connectivity index (χ2v) is 9.74. The number of rotatable bonds is 5. The van der Waals surface area contributed by atoms with Gasteiger partial charge in [-0.15, -0.1) is 0 Å². The Hall–Kier alpha value is -3.40. The van der Waals surface area contributed by atoms with E-state index in [-0.39, 0.29) is 28.2 Å². The smallest absolute Gasteiger partial charge is 0.258 e. The van der Waals surface area contributed by atoms with Crippen molar-refractivity contribution in [3.8, 4) is 0 Å². The maximum absolute atomic E-state index is 13.2. The fourth-order valence-electron chi connectivity index (χ4n) is 2.78. The Kier molecular flexibility index (Phi) is 7.14. The molecule has 0 aliphatic carbocycles. The molecule has 0 saturated carbocycles. The summed E-state index contributed by atoms with van der Waals surface area (Å²) in [4.78, 5) is 21.5. The van der Waals surface area contributed by atoms with Crippen molar-refractivity contribution in [1.29, 1.82) is 0 Å². The number of amidine groups is 1. The Labute approximate surface area is 186 Å². The van der Waals surface area contributed by atoms with Gasteiger partial charge in [0.25, 0.3) is 5.91 Å². The average molecular weight is 458 g/mol. The molecule has 0 bridgehead atoms. The van der Waals surface area contributed by atoms with Gasteiger partial charge >= 0.3 is 0 Å². The van der Waals surface area contributed by atoms with Crippen LogP contribution < -0.4 is 10.7 Å². The first kappa shape index (κ1) is 23.3. The van der Waals surface area contributed by atoms with Gasteiger partial charge in [-0.3, -0.25) is 20.5 Å². The maximum Gasteiger partial charge on any atom is 0.258 e. The summed E-state index contributed by atoms with van der Waals surface area (Å²) in [6.07, 6.45) is 1.43. The molecular weight excluding hydrogens is 433 g/mol. The number of aliphatic imine (C=N–C) groups is 2. The first-order valence-electron chi connectivity index (χ1n) is 9.94. The van der Waals surface area contributed by atoms with Crippen molar-refractivity contribution in [2.24, 2.45) is 21.0 Å². The van der Waals surface area contributed by atoms with Crippen molar-refractivity contribution < 1.29 is 17.6 Å². The van der Waals surface area contributed by atoms with Crippen LogP contribution in [0.25, 0.3) is 0 Å². The minimum absolute atomic E-state index is 0.0481. The van der Waals surface area contributed by atoms with Gasteiger partial charge in [-0.2, -0.15) is 10.1 Å². The number of carbonyl (C=O) groups excluding carboxylic acids is 1. The highest BCUT2D eigenvalue weighted by molar-refractivity contribution is 7.90. The molecule has 2 aromatic rings. The zero-order valence-electron chi connectivity index (χ0n) is 18.0. The number of nitrogens with zero attached hydrogens (tertiary/aromatic N) is 3. The molecule has 0 spiro atoms. The van der Waals surface area contributed by atoms with Gasteiger partial charge in [0, 0.05) is 18.4 Å². The lowest BCUT2D eigenvalue weighted by Crippen LogP contribution is -2.31. The van der Waals surface area contributed by atoms with Gasteiger partial charge in [-0.1, -0.05) is 32.0 Å². The van der Waals surface area contributed by atoms with Crippen molar-refractivity contribution in [3.05, 3.63) is 65.5 Å². The van der Waals surface area contributed by atoms with E-state index in [9.17, 15) is 17.6 Å². The number of benzene rings is 2. The van der Waals surface area contributed by atoms with Crippen molar-refractivity contribution >= 4 is 33.3 Å². The lowest BCUT2D eigenvalue weighted by Gasteiger charge is -2.08. The van der Waals surface area contributed by atoms with E-state index in [1.807, 2.05) is 13.8 Å². The van der Waals surface area contributed by atoms with E-state index in [2.05, 4.69) is 25.8 Å². The molecule has 8 nitrogen and oxygen atoms in total. The predicted molar refractivity (Wildman–Crippen MR) is 122 cm³/mol. The summed E-state index contributed by atoms with van der Waals surface area (Å²) in [5.74, 6) is -0.0678.